The van der Waals surface area contributed by atoms with Crippen LogP contribution in [0.25, 0.3) is 0 Å². The summed E-state index contributed by atoms with van der Waals surface area (Å²) in [5, 5.41) is 0. The number of hydrogen-bond donors (Lipinski definition) is 1. The van der Waals surface area contributed by atoms with Crippen molar-refractivity contribution < 1.29 is 5.73 Å². The first-order chi connectivity index (χ1) is 4.70. The van der Waals surface area contributed by atoms with Crippen molar-refractivity contribution in [1.29, 1.82) is 0 Å². The van der Waals surface area contributed by atoms with Crippen molar-refractivity contribution >= 4 is 15.9 Å². The minimum Gasteiger partial charge on any atom is -0.352 e. The second-order valence-corrected chi connectivity index (χ2v) is 3.37. The Morgan fingerprint density at radius 1 is 1.50 bits per heavy atom. The zero-order valence-corrected chi connectivity index (χ0v) is 7.56. The zero-order chi connectivity index (χ0) is 7.56. The van der Waals surface area contributed by atoms with Crippen molar-refractivity contribution in [3.8, 4) is 0 Å². The largest absolute Gasteiger partial charge is 0.352 e. The molecule has 3 N–H and O–H groups in total. The maximum atomic E-state index is 3.93. The van der Waals surface area contributed by atoms with Gasteiger partial charge in [-0.2, -0.15) is 0 Å². The van der Waals surface area contributed by atoms with Crippen LogP contribution in [0.3, 0.4) is 0 Å². The molecule has 0 spiro atoms. The van der Waals surface area contributed by atoms with Crippen LogP contribution in [0.4, 0.5) is 0 Å². The van der Waals surface area contributed by atoms with Crippen LogP contribution in [0, 0.1) is 0 Å². The molecule has 1 rings (SSSR count). The first-order valence-corrected chi connectivity index (χ1v) is 4.08. The van der Waals surface area contributed by atoms with Crippen molar-refractivity contribution in [3.63, 3.8) is 0 Å². The predicted molar refractivity (Wildman–Crippen MR) is 45.4 cm³/mol. The van der Waals surface area contributed by atoms with Crippen LogP contribution < -0.4 is 5.73 Å². The van der Waals surface area contributed by atoms with Crippen LogP contribution in [0.2, 0.25) is 0 Å². The van der Waals surface area contributed by atoms with Gasteiger partial charge in [-0.3, -0.25) is 0 Å². The molecule has 0 bridgehead atoms. The lowest BCUT2D eigenvalue weighted by atomic mass is 10.1. The van der Waals surface area contributed by atoms with Gasteiger partial charge in [-0.1, -0.05) is 28.1 Å². The second-order valence-electron chi connectivity index (χ2n) is 2.46. The van der Waals surface area contributed by atoms with Gasteiger partial charge in [0.1, 0.15) is 6.04 Å². The third kappa shape index (κ3) is 1.82. The normalized spacial score (nSPS) is 13.1. The van der Waals surface area contributed by atoms with E-state index in [9.17, 15) is 0 Å². The highest BCUT2D eigenvalue weighted by molar-refractivity contribution is 9.10. The van der Waals surface area contributed by atoms with Crippen LogP contribution in [0.1, 0.15) is 18.5 Å². The van der Waals surface area contributed by atoms with Gasteiger partial charge in [0.2, 0.25) is 0 Å². The van der Waals surface area contributed by atoms with E-state index in [4.69, 9.17) is 0 Å². The van der Waals surface area contributed by atoms with Crippen molar-refractivity contribution in [1.82, 2.24) is 0 Å². The molecule has 1 aromatic rings. The molecule has 1 atom stereocenters. The molecule has 0 radical (unpaired) electrons. The Bertz CT molecular complexity index is 220. The number of rotatable bonds is 1. The van der Waals surface area contributed by atoms with Crippen LogP contribution in [0.15, 0.2) is 28.7 Å². The van der Waals surface area contributed by atoms with E-state index in [1.165, 1.54) is 5.56 Å². The van der Waals surface area contributed by atoms with Crippen LogP contribution in [-0.2, 0) is 0 Å². The smallest absolute Gasteiger partial charge is 0.107 e. The molecule has 0 aliphatic carbocycles. The number of halogens is 1. The fraction of sp³-hybridized carbons (Fsp3) is 0.250. The summed E-state index contributed by atoms with van der Waals surface area (Å²) in [4.78, 5) is 0. The fourth-order valence-corrected chi connectivity index (χ4v) is 1.23. The zero-order valence-electron chi connectivity index (χ0n) is 5.97. The Morgan fingerprint density at radius 3 is 2.60 bits per heavy atom. The Kier molecular flexibility index (Phi) is 2.46. The van der Waals surface area contributed by atoms with E-state index in [0.29, 0.717) is 6.04 Å². The Labute approximate surface area is 69.4 Å². The monoisotopic (exact) mass is 200 g/mol. The summed E-state index contributed by atoms with van der Waals surface area (Å²) in [6.45, 7) is 2.09. The molecular formula is C8H11BrN+. The number of hydrogen-bond acceptors (Lipinski definition) is 0. The summed E-state index contributed by atoms with van der Waals surface area (Å²) >= 11 is 3.40. The molecule has 0 saturated heterocycles. The Morgan fingerprint density at radius 2 is 2.20 bits per heavy atom. The minimum atomic E-state index is 0.373. The van der Waals surface area contributed by atoms with E-state index in [2.05, 4.69) is 40.7 Å². The highest BCUT2D eigenvalue weighted by Gasteiger charge is 2.00. The lowest BCUT2D eigenvalue weighted by molar-refractivity contribution is -0.420. The molecule has 0 unspecified atom stereocenters. The van der Waals surface area contributed by atoms with Crippen molar-refractivity contribution in [2.75, 3.05) is 0 Å². The molecule has 1 aromatic carbocycles. The molecule has 10 heavy (non-hydrogen) atoms. The summed E-state index contributed by atoms with van der Waals surface area (Å²) in [6.07, 6.45) is 0. The van der Waals surface area contributed by atoms with E-state index >= 15 is 0 Å². The average molecular weight is 201 g/mol. The molecule has 0 aliphatic heterocycles. The lowest BCUT2D eigenvalue weighted by Gasteiger charge is -2.00. The Balaban J connectivity index is 2.96. The van der Waals surface area contributed by atoms with Gasteiger partial charge in [0, 0.05) is 10.0 Å². The van der Waals surface area contributed by atoms with Gasteiger partial charge in [0.25, 0.3) is 0 Å². The summed E-state index contributed by atoms with van der Waals surface area (Å²) < 4.78 is 1.13. The van der Waals surface area contributed by atoms with Crippen LogP contribution >= 0.6 is 15.9 Å². The molecular weight excluding hydrogens is 190 g/mol. The second kappa shape index (κ2) is 3.17. The topological polar surface area (TPSA) is 27.6 Å². The minimum absolute atomic E-state index is 0.373. The maximum Gasteiger partial charge on any atom is 0.107 e. The highest BCUT2D eigenvalue weighted by atomic mass is 79.9. The lowest BCUT2D eigenvalue weighted by Crippen LogP contribution is -2.51. The van der Waals surface area contributed by atoms with E-state index in [0.717, 1.165) is 4.47 Å². The van der Waals surface area contributed by atoms with E-state index in [1.54, 1.807) is 0 Å². The standard InChI is InChI=1S/C8H10BrN/c1-6(10)7-3-2-4-8(9)5-7/h2-6H,10H2,1H3/p+1/t6-/m0/s1. The third-order valence-corrected chi connectivity index (χ3v) is 1.91. The van der Waals surface area contributed by atoms with Gasteiger partial charge in [0.05, 0.1) is 0 Å². The molecule has 0 aliphatic rings. The van der Waals surface area contributed by atoms with E-state index in [-0.39, 0.29) is 0 Å². The quantitative estimate of drug-likeness (QED) is 0.716. The van der Waals surface area contributed by atoms with Gasteiger partial charge in [0.15, 0.2) is 0 Å². The molecule has 0 amide bonds. The van der Waals surface area contributed by atoms with Crippen LogP contribution in [0.5, 0.6) is 0 Å². The maximum absolute atomic E-state index is 3.93. The summed E-state index contributed by atoms with van der Waals surface area (Å²) in [5.41, 5.74) is 5.20. The first-order valence-electron chi connectivity index (χ1n) is 3.28. The molecule has 2 heteroatoms. The van der Waals surface area contributed by atoms with Crippen molar-refractivity contribution in [3.05, 3.63) is 34.3 Å². The van der Waals surface area contributed by atoms with Gasteiger partial charge in [-0.25, -0.2) is 0 Å². The first kappa shape index (κ1) is 7.76. The third-order valence-electron chi connectivity index (χ3n) is 1.42. The summed E-state index contributed by atoms with van der Waals surface area (Å²) in [5.74, 6) is 0. The van der Waals surface area contributed by atoms with Crippen molar-refractivity contribution in [2.24, 2.45) is 0 Å². The van der Waals surface area contributed by atoms with Gasteiger partial charge < -0.3 is 5.73 Å². The molecule has 54 valence electrons. The summed E-state index contributed by atoms with van der Waals surface area (Å²) in [6, 6.07) is 8.60. The number of quaternary nitrogens is 1. The molecule has 1 nitrogen and oxygen atoms in total. The SMILES string of the molecule is C[C@H]([NH3+])c1cccc(Br)c1. The molecule has 0 saturated carbocycles. The van der Waals surface area contributed by atoms with E-state index in [1.807, 2.05) is 12.1 Å². The molecule has 0 fully saturated rings. The molecule has 0 heterocycles. The fourth-order valence-electron chi connectivity index (χ4n) is 0.813. The molecule has 0 aromatic heterocycles. The van der Waals surface area contributed by atoms with Gasteiger partial charge >= 0.3 is 0 Å². The Hall–Kier alpha value is -0.340. The number of benzene rings is 1. The van der Waals surface area contributed by atoms with Crippen molar-refractivity contribution in [2.45, 2.75) is 13.0 Å². The van der Waals surface area contributed by atoms with E-state index < -0.39 is 0 Å². The average Bonchev–Trinajstić information content (AvgIpc) is 1.88. The predicted octanol–water partition coefficient (Wildman–Crippen LogP) is 1.75. The summed E-state index contributed by atoms with van der Waals surface area (Å²) in [7, 11) is 0. The van der Waals surface area contributed by atoms with Crippen LogP contribution in [-0.4, -0.2) is 0 Å². The van der Waals surface area contributed by atoms with Gasteiger partial charge in [-0.05, 0) is 19.1 Å². The van der Waals surface area contributed by atoms with Gasteiger partial charge in [-0.15, -0.1) is 0 Å². The highest BCUT2D eigenvalue weighted by Crippen LogP contribution is 2.14.